The van der Waals surface area contributed by atoms with Gasteiger partial charge >= 0.3 is 0 Å². The van der Waals surface area contributed by atoms with E-state index in [9.17, 15) is 9.59 Å². The number of carbonyl (C=O) groups is 2. The molecule has 2 amide bonds. The summed E-state index contributed by atoms with van der Waals surface area (Å²) in [6.45, 7) is 0.476. The van der Waals surface area contributed by atoms with Crippen LogP contribution in [0.1, 0.15) is 12.0 Å². The van der Waals surface area contributed by atoms with E-state index < -0.39 is 5.25 Å². The molecule has 0 spiro atoms. The van der Waals surface area contributed by atoms with Crippen molar-refractivity contribution in [1.82, 2.24) is 5.32 Å². The van der Waals surface area contributed by atoms with Crippen LogP contribution in [-0.2, 0) is 16.1 Å². The Hall–Kier alpha value is -3.00. The smallest absolute Gasteiger partial charge is 0.240 e. The van der Waals surface area contributed by atoms with Crippen molar-refractivity contribution in [2.45, 2.75) is 18.2 Å². The predicted molar refractivity (Wildman–Crippen MR) is 110 cm³/mol. The van der Waals surface area contributed by atoms with Gasteiger partial charge in [0.15, 0.2) is 5.17 Å². The fraction of sp³-hybridized carbons (Fsp3) is 0.250. The summed E-state index contributed by atoms with van der Waals surface area (Å²) >= 11 is 1.27. The maximum Gasteiger partial charge on any atom is 0.240 e. The molecule has 1 saturated heterocycles. The van der Waals surface area contributed by atoms with Crippen molar-refractivity contribution in [2.75, 3.05) is 19.5 Å². The van der Waals surface area contributed by atoms with Crippen molar-refractivity contribution in [3.05, 3.63) is 54.1 Å². The van der Waals surface area contributed by atoms with Crippen LogP contribution in [0.25, 0.3) is 0 Å². The van der Waals surface area contributed by atoms with Crippen molar-refractivity contribution in [3.8, 4) is 11.5 Å². The van der Waals surface area contributed by atoms with E-state index in [1.54, 1.807) is 25.3 Å². The summed E-state index contributed by atoms with van der Waals surface area (Å²) in [5, 5.41) is 5.52. The molecule has 2 aromatic carbocycles. The van der Waals surface area contributed by atoms with Gasteiger partial charge in [0.25, 0.3) is 0 Å². The quantitative estimate of drug-likeness (QED) is 0.747. The molecule has 1 aliphatic heterocycles. The van der Waals surface area contributed by atoms with Crippen LogP contribution < -0.4 is 20.1 Å². The molecular weight excluding hydrogens is 378 g/mol. The Morgan fingerprint density at radius 1 is 1.18 bits per heavy atom. The van der Waals surface area contributed by atoms with Gasteiger partial charge in [0.05, 0.1) is 26.5 Å². The minimum Gasteiger partial charge on any atom is -0.497 e. The van der Waals surface area contributed by atoms with Gasteiger partial charge in [-0.3, -0.25) is 14.6 Å². The molecule has 0 unspecified atom stereocenters. The second kappa shape index (κ2) is 9.27. The van der Waals surface area contributed by atoms with Crippen molar-refractivity contribution in [1.29, 1.82) is 0 Å². The molecule has 0 aliphatic carbocycles. The molecule has 1 aliphatic rings. The van der Waals surface area contributed by atoms with Gasteiger partial charge < -0.3 is 20.1 Å². The lowest BCUT2D eigenvalue weighted by Gasteiger charge is -2.12. The van der Waals surface area contributed by atoms with Gasteiger partial charge in [-0.2, -0.15) is 0 Å². The Kier molecular flexibility index (Phi) is 6.54. The van der Waals surface area contributed by atoms with Crippen molar-refractivity contribution < 1.29 is 19.1 Å². The van der Waals surface area contributed by atoms with Crippen LogP contribution in [0.3, 0.4) is 0 Å². The zero-order valence-corrected chi connectivity index (χ0v) is 16.4. The van der Waals surface area contributed by atoms with E-state index in [-0.39, 0.29) is 18.2 Å². The summed E-state index contributed by atoms with van der Waals surface area (Å²) in [7, 11) is 3.07. The van der Waals surface area contributed by atoms with E-state index in [1.165, 1.54) is 18.9 Å². The third kappa shape index (κ3) is 5.04. The molecule has 0 bridgehead atoms. The first kappa shape index (κ1) is 19.8. The Balaban J connectivity index is 1.59. The summed E-state index contributed by atoms with van der Waals surface area (Å²) in [6, 6.07) is 14.9. The predicted octanol–water partition coefficient (Wildman–Crippen LogP) is 2.82. The first-order valence-corrected chi connectivity index (χ1v) is 9.55. The highest BCUT2D eigenvalue weighted by atomic mass is 32.2. The number of hydrogen-bond donors (Lipinski definition) is 2. The highest BCUT2D eigenvalue weighted by Gasteiger charge is 2.32. The third-order valence-electron chi connectivity index (χ3n) is 4.08. The number of ether oxygens (including phenoxy) is 2. The van der Waals surface area contributed by atoms with Crippen LogP contribution >= 0.6 is 11.8 Å². The van der Waals surface area contributed by atoms with Gasteiger partial charge in [0, 0.05) is 12.5 Å². The SMILES string of the molecule is COc1ccc(OC)c(NC(=O)C[C@H]2SC(=NCc3ccccc3)NC2=O)c1. The van der Waals surface area contributed by atoms with Gasteiger partial charge in [-0.1, -0.05) is 42.1 Å². The first-order valence-electron chi connectivity index (χ1n) is 8.67. The van der Waals surface area contributed by atoms with E-state index in [4.69, 9.17) is 9.47 Å². The topological polar surface area (TPSA) is 89.0 Å². The van der Waals surface area contributed by atoms with E-state index in [0.717, 1.165) is 5.56 Å². The van der Waals surface area contributed by atoms with Crippen LogP contribution in [0.4, 0.5) is 5.69 Å². The van der Waals surface area contributed by atoms with Gasteiger partial charge in [-0.15, -0.1) is 0 Å². The number of carbonyl (C=O) groups excluding carboxylic acids is 2. The normalized spacial score (nSPS) is 17.3. The molecule has 7 nitrogen and oxygen atoms in total. The molecule has 1 fully saturated rings. The van der Waals surface area contributed by atoms with Gasteiger partial charge in [0.2, 0.25) is 11.8 Å². The number of anilines is 1. The van der Waals surface area contributed by atoms with Crippen molar-refractivity contribution in [3.63, 3.8) is 0 Å². The highest BCUT2D eigenvalue weighted by Crippen LogP contribution is 2.30. The van der Waals surface area contributed by atoms with Crippen LogP contribution in [0, 0.1) is 0 Å². The number of amides is 2. The number of amidine groups is 1. The van der Waals surface area contributed by atoms with E-state index in [0.29, 0.717) is 28.9 Å². The standard InChI is InChI=1S/C20H21N3O4S/c1-26-14-8-9-16(27-2)15(10-14)22-18(24)11-17-19(25)23-20(28-17)21-12-13-6-4-3-5-7-13/h3-10,17H,11-12H2,1-2H3,(H,22,24)(H,21,23,25)/t17-/m1/s1. The lowest BCUT2D eigenvalue weighted by molar-refractivity contribution is -0.122. The Labute approximate surface area is 167 Å². The average molecular weight is 399 g/mol. The number of thioether (sulfide) groups is 1. The molecular formula is C20H21N3O4S. The number of benzene rings is 2. The zero-order chi connectivity index (χ0) is 19.9. The largest absolute Gasteiger partial charge is 0.497 e. The maximum absolute atomic E-state index is 12.4. The second-order valence-corrected chi connectivity index (χ2v) is 7.21. The molecule has 0 saturated carbocycles. The zero-order valence-electron chi connectivity index (χ0n) is 15.6. The molecule has 8 heteroatoms. The Morgan fingerprint density at radius 3 is 2.68 bits per heavy atom. The molecule has 0 radical (unpaired) electrons. The van der Waals surface area contributed by atoms with Gasteiger partial charge in [0.1, 0.15) is 16.7 Å². The molecule has 0 aromatic heterocycles. The first-order chi connectivity index (χ1) is 13.6. The molecule has 1 heterocycles. The molecule has 2 aromatic rings. The number of rotatable bonds is 7. The summed E-state index contributed by atoms with van der Waals surface area (Å²) in [5.74, 6) is 0.607. The number of nitrogens with zero attached hydrogens (tertiary/aromatic N) is 1. The fourth-order valence-corrected chi connectivity index (χ4v) is 3.61. The van der Waals surface area contributed by atoms with E-state index in [1.807, 2.05) is 30.3 Å². The van der Waals surface area contributed by atoms with Crippen LogP contribution in [0.15, 0.2) is 53.5 Å². The number of hydrogen-bond acceptors (Lipinski definition) is 6. The molecule has 2 N–H and O–H groups in total. The summed E-state index contributed by atoms with van der Waals surface area (Å²) < 4.78 is 10.4. The molecule has 3 rings (SSSR count). The number of nitrogens with one attached hydrogen (secondary N) is 2. The van der Waals surface area contributed by atoms with E-state index in [2.05, 4.69) is 15.6 Å². The maximum atomic E-state index is 12.4. The Bertz CT molecular complexity index is 886. The molecule has 146 valence electrons. The van der Waals surface area contributed by atoms with Crippen molar-refractivity contribution >= 4 is 34.4 Å². The average Bonchev–Trinajstić information content (AvgIpc) is 3.06. The van der Waals surface area contributed by atoms with Gasteiger partial charge in [-0.25, -0.2) is 0 Å². The molecule has 1 atom stereocenters. The summed E-state index contributed by atoms with van der Waals surface area (Å²) in [5.41, 5.74) is 1.55. The fourth-order valence-electron chi connectivity index (χ4n) is 2.64. The summed E-state index contributed by atoms with van der Waals surface area (Å²) in [4.78, 5) is 29.0. The van der Waals surface area contributed by atoms with Crippen LogP contribution in [-0.4, -0.2) is 36.5 Å². The monoisotopic (exact) mass is 399 g/mol. The minimum atomic E-state index is -0.522. The van der Waals surface area contributed by atoms with Crippen molar-refractivity contribution in [2.24, 2.45) is 4.99 Å². The minimum absolute atomic E-state index is 0.0290. The lowest BCUT2D eigenvalue weighted by Crippen LogP contribution is -2.28. The highest BCUT2D eigenvalue weighted by molar-refractivity contribution is 8.15. The number of aliphatic imine (C=N–C) groups is 1. The van der Waals surface area contributed by atoms with Crippen LogP contribution in [0.5, 0.6) is 11.5 Å². The Morgan fingerprint density at radius 2 is 1.96 bits per heavy atom. The van der Waals surface area contributed by atoms with Crippen LogP contribution in [0.2, 0.25) is 0 Å². The summed E-state index contributed by atoms with van der Waals surface area (Å²) in [6.07, 6.45) is 0.0290. The third-order valence-corrected chi connectivity index (χ3v) is 5.20. The van der Waals surface area contributed by atoms with E-state index >= 15 is 0 Å². The lowest BCUT2D eigenvalue weighted by atomic mass is 10.2. The molecule has 28 heavy (non-hydrogen) atoms. The van der Waals surface area contributed by atoms with Gasteiger partial charge in [-0.05, 0) is 17.7 Å². The number of methoxy groups -OCH3 is 2. The second-order valence-electron chi connectivity index (χ2n) is 6.02.